The summed E-state index contributed by atoms with van der Waals surface area (Å²) < 4.78 is 5.83. The molecule has 0 saturated carbocycles. The summed E-state index contributed by atoms with van der Waals surface area (Å²) in [5.74, 6) is -0.424. The number of rotatable bonds is 2. The van der Waals surface area contributed by atoms with E-state index < -0.39 is 23.5 Å². The largest absolute Gasteiger partial charge is 0.485 e. The summed E-state index contributed by atoms with van der Waals surface area (Å²) in [6.45, 7) is 4.91. The highest BCUT2D eigenvalue weighted by Crippen LogP contribution is 2.36. The Hall–Kier alpha value is -2.08. The van der Waals surface area contributed by atoms with E-state index in [9.17, 15) is 14.7 Å². The summed E-state index contributed by atoms with van der Waals surface area (Å²) in [6.07, 6.45) is -0.349. The molecule has 2 aromatic carbocycles. The monoisotopic (exact) mass is 407 g/mol. The Labute approximate surface area is 167 Å². The summed E-state index contributed by atoms with van der Waals surface area (Å²) in [6, 6.07) is 9.67. The molecule has 7 heteroatoms. The van der Waals surface area contributed by atoms with E-state index in [1.165, 1.54) is 13.0 Å². The first-order valence-corrected chi connectivity index (χ1v) is 9.16. The molecule has 1 heterocycles. The fourth-order valence-electron chi connectivity index (χ4n) is 3.00. The fraction of sp³-hybridized carbons (Fsp3) is 0.300. The van der Waals surface area contributed by atoms with Crippen molar-refractivity contribution in [2.75, 3.05) is 4.90 Å². The second-order valence-corrected chi connectivity index (χ2v) is 7.76. The molecule has 1 aliphatic rings. The summed E-state index contributed by atoms with van der Waals surface area (Å²) >= 11 is 12.1. The number of hydrogen-bond donors (Lipinski definition) is 1. The van der Waals surface area contributed by atoms with Gasteiger partial charge in [-0.1, -0.05) is 29.3 Å². The molecule has 2 aromatic rings. The molecule has 27 heavy (non-hydrogen) atoms. The Kier molecular flexibility index (Phi) is 5.21. The number of benzene rings is 2. The Morgan fingerprint density at radius 2 is 1.93 bits per heavy atom. The zero-order valence-electron chi connectivity index (χ0n) is 15.1. The number of hydrogen-bond acceptors (Lipinski definition) is 4. The van der Waals surface area contributed by atoms with Crippen LogP contribution in [0.25, 0.3) is 0 Å². The van der Waals surface area contributed by atoms with Crippen LogP contribution >= 0.6 is 23.2 Å². The lowest BCUT2D eigenvalue weighted by atomic mass is 9.91. The number of aliphatic hydroxyl groups excluding tert-OH is 1. The van der Waals surface area contributed by atoms with Gasteiger partial charge >= 0.3 is 0 Å². The molecule has 0 saturated heterocycles. The van der Waals surface area contributed by atoms with E-state index in [4.69, 9.17) is 27.9 Å². The van der Waals surface area contributed by atoms with Crippen molar-refractivity contribution in [3.8, 4) is 5.75 Å². The summed E-state index contributed by atoms with van der Waals surface area (Å²) in [7, 11) is 0. The van der Waals surface area contributed by atoms with Crippen molar-refractivity contribution in [3.63, 3.8) is 0 Å². The number of carbonyl (C=O) groups excluding carboxylic acids is 2. The highest BCUT2D eigenvalue weighted by molar-refractivity contribution is 6.44. The first-order chi connectivity index (χ1) is 12.6. The van der Waals surface area contributed by atoms with Crippen LogP contribution in [0.15, 0.2) is 36.4 Å². The van der Waals surface area contributed by atoms with E-state index in [0.717, 1.165) is 10.5 Å². The van der Waals surface area contributed by atoms with E-state index in [-0.39, 0.29) is 15.6 Å². The van der Waals surface area contributed by atoms with Crippen LogP contribution < -0.4 is 9.64 Å². The highest BCUT2D eigenvalue weighted by Gasteiger charge is 2.36. The van der Waals surface area contributed by atoms with Crippen LogP contribution in [0.5, 0.6) is 5.75 Å². The van der Waals surface area contributed by atoms with E-state index in [0.29, 0.717) is 17.9 Å². The predicted octanol–water partition coefficient (Wildman–Crippen LogP) is 4.26. The zero-order valence-corrected chi connectivity index (χ0v) is 16.6. The van der Waals surface area contributed by atoms with E-state index >= 15 is 0 Å². The van der Waals surface area contributed by atoms with Crippen LogP contribution in [0.3, 0.4) is 0 Å². The van der Waals surface area contributed by atoms with Gasteiger partial charge < -0.3 is 9.84 Å². The number of ether oxygens (including phenoxy) is 1. The van der Waals surface area contributed by atoms with E-state index in [2.05, 4.69) is 0 Å². The molecule has 142 valence electrons. The van der Waals surface area contributed by atoms with Crippen LogP contribution in [0, 0.1) is 0 Å². The second kappa shape index (κ2) is 7.15. The van der Waals surface area contributed by atoms with Crippen LogP contribution in [-0.2, 0) is 11.2 Å². The van der Waals surface area contributed by atoms with Crippen molar-refractivity contribution in [1.29, 1.82) is 0 Å². The van der Waals surface area contributed by atoms with Crippen LogP contribution in [0.1, 0.15) is 36.7 Å². The molecule has 5 nitrogen and oxygen atoms in total. The summed E-state index contributed by atoms with van der Waals surface area (Å²) in [4.78, 5) is 26.2. The lowest BCUT2D eigenvalue weighted by Crippen LogP contribution is -2.46. The van der Waals surface area contributed by atoms with Crippen molar-refractivity contribution in [1.82, 2.24) is 0 Å². The third-order valence-corrected chi connectivity index (χ3v) is 5.41. The number of fused-ring (bicyclic) bond motifs is 1. The van der Waals surface area contributed by atoms with E-state index in [1.807, 2.05) is 0 Å². The third kappa shape index (κ3) is 3.68. The summed E-state index contributed by atoms with van der Waals surface area (Å²) in [5, 5.41) is 10.6. The van der Waals surface area contributed by atoms with Crippen molar-refractivity contribution >= 4 is 40.7 Å². The van der Waals surface area contributed by atoms with Gasteiger partial charge in [-0.05, 0) is 49.7 Å². The molecule has 3 rings (SSSR count). The average Bonchev–Trinajstić information content (AvgIpc) is 2.58. The Bertz CT molecular complexity index is 926. The molecule has 0 aromatic heterocycles. The number of aliphatic hydroxyl groups is 1. The molecular formula is C20H19Cl2NO4. The van der Waals surface area contributed by atoms with Crippen molar-refractivity contribution in [2.24, 2.45) is 0 Å². The minimum atomic E-state index is -0.709. The van der Waals surface area contributed by atoms with Gasteiger partial charge in [0.1, 0.15) is 11.4 Å². The van der Waals surface area contributed by atoms with Gasteiger partial charge in [-0.25, -0.2) is 4.90 Å². The average molecular weight is 408 g/mol. The number of carbonyl (C=O) groups is 2. The molecule has 1 N–H and O–H groups in total. The fourth-order valence-corrected chi connectivity index (χ4v) is 3.38. The lowest BCUT2D eigenvalue weighted by Gasteiger charge is -2.37. The number of anilines is 1. The molecule has 0 spiro atoms. The quantitative estimate of drug-likeness (QED) is 0.807. The zero-order chi connectivity index (χ0) is 19.9. The maximum Gasteiger partial charge on any atom is 0.266 e. The molecule has 1 aliphatic heterocycles. The van der Waals surface area contributed by atoms with Gasteiger partial charge in [-0.3, -0.25) is 9.59 Å². The molecule has 0 aliphatic carbocycles. The molecule has 1 unspecified atom stereocenters. The van der Waals surface area contributed by atoms with Crippen molar-refractivity contribution in [3.05, 3.63) is 57.6 Å². The maximum absolute atomic E-state index is 13.0. The Morgan fingerprint density at radius 3 is 2.59 bits per heavy atom. The van der Waals surface area contributed by atoms with E-state index in [1.54, 1.807) is 44.2 Å². The van der Waals surface area contributed by atoms with Gasteiger partial charge in [0.05, 0.1) is 27.4 Å². The van der Waals surface area contributed by atoms with Crippen LogP contribution in [-0.4, -0.2) is 28.6 Å². The Balaban J connectivity index is 2.02. The maximum atomic E-state index is 13.0. The van der Waals surface area contributed by atoms with Gasteiger partial charge in [0.2, 0.25) is 5.91 Å². The number of nitrogens with zero attached hydrogens (tertiary/aromatic N) is 1. The first-order valence-electron chi connectivity index (χ1n) is 8.41. The molecular weight excluding hydrogens is 389 g/mol. The smallest absolute Gasteiger partial charge is 0.266 e. The van der Waals surface area contributed by atoms with Gasteiger partial charge in [0, 0.05) is 13.3 Å². The molecule has 2 amide bonds. The highest BCUT2D eigenvalue weighted by atomic mass is 35.5. The van der Waals surface area contributed by atoms with Gasteiger partial charge in [-0.2, -0.15) is 0 Å². The first kappa shape index (κ1) is 19.7. The lowest BCUT2D eigenvalue weighted by molar-refractivity contribution is -0.115. The van der Waals surface area contributed by atoms with Crippen LogP contribution in [0.4, 0.5) is 5.69 Å². The molecule has 0 fully saturated rings. The number of imide groups is 1. The standard InChI is InChI=1S/C20H19Cl2NO4/c1-11(24)23(19(26)14-5-4-6-15(21)18(14)22)13-7-8-16-12(9-13)10-17(25)20(2,3)27-16/h4-9,17,25H,10H2,1-3H3. The van der Waals surface area contributed by atoms with Gasteiger partial charge in [0.25, 0.3) is 5.91 Å². The van der Waals surface area contributed by atoms with Gasteiger partial charge in [0.15, 0.2) is 0 Å². The number of amides is 2. The minimum absolute atomic E-state index is 0.0916. The predicted molar refractivity (Wildman–Crippen MR) is 105 cm³/mol. The minimum Gasteiger partial charge on any atom is -0.485 e. The molecule has 1 atom stereocenters. The van der Waals surface area contributed by atoms with Crippen molar-refractivity contribution < 1.29 is 19.4 Å². The molecule has 0 bridgehead atoms. The number of halogens is 2. The normalized spacial score (nSPS) is 17.6. The van der Waals surface area contributed by atoms with Crippen LogP contribution in [0.2, 0.25) is 10.0 Å². The topological polar surface area (TPSA) is 66.8 Å². The van der Waals surface area contributed by atoms with Gasteiger partial charge in [-0.15, -0.1) is 0 Å². The van der Waals surface area contributed by atoms with Crippen molar-refractivity contribution in [2.45, 2.75) is 38.9 Å². The summed E-state index contributed by atoms with van der Waals surface area (Å²) in [5.41, 5.74) is 0.515. The Morgan fingerprint density at radius 1 is 1.22 bits per heavy atom. The third-order valence-electron chi connectivity index (χ3n) is 4.59. The molecule has 0 radical (unpaired) electrons. The SMILES string of the molecule is CC(=O)N(C(=O)c1cccc(Cl)c1Cl)c1ccc2c(c1)CC(O)C(C)(C)O2. The second-order valence-electron chi connectivity index (χ2n) is 6.98.